The highest BCUT2D eigenvalue weighted by Gasteiger charge is 2.28. The zero-order valence-electron chi connectivity index (χ0n) is 19.8. The predicted molar refractivity (Wildman–Crippen MR) is 138 cm³/mol. The molecule has 0 bridgehead atoms. The minimum absolute atomic E-state index is 0.224. The molecule has 2 fully saturated rings. The van der Waals surface area contributed by atoms with E-state index in [0.717, 1.165) is 48.4 Å². The fourth-order valence-corrected chi connectivity index (χ4v) is 5.12. The number of hydrogen-bond donors (Lipinski definition) is 1. The quantitative estimate of drug-likeness (QED) is 0.516. The largest absolute Gasteiger partial charge is 0.379 e. The average molecular weight is 514 g/mol. The Morgan fingerprint density at radius 3 is 2.43 bits per heavy atom. The molecule has 3 aromatic rings. The smallest absolute Gasteiger partial charge is 0.286 e. The van der Waals surface area contributed by atoms with E-state index in [1.54, 1.807) is 12.1 Å². The maximum Gasteiger partial charge on any atom is 0.286 e. The van der Waals surface area contributed by atoms with Gasteiger partial charge in [0.2, 0.25) is 0 Å². The first-order valence-corrected chi connectivity index (χ1v) is 12.8. The molecule has 2 aromatic carbocycles. The molecule has 5 rings (SSSR count). The van der Waals surface area contributed by atoms with E-state index in [-0.39, 0.29) is 5.91 Å². The maximum atomic E-state index is 13.6. The van der Waals surface area contributed by atoms with Crippen molar-refractivity contribution in [2.45, 2.75) is 26.3 Å². The number of carbonyl (C=O) groups excluding carboxylic acids is 1. The van der Waals surface area contributed by atoms with Crippen molar-refractivity contribution < 1.29 is 9.53 Å². The summed E-state index contributed by atoms with van der Waals surface area (Å²) in [6.45, 7) is 7.14. The van der Waals surface area contributed by atoms with E-state index in [1.165, 1.54) is 0 Å². The third-order valence-electron chi connectivity index (χ3n) is 6.49. The number of rotatable bonds is 6. The first-order valence-electron chi connectivity index (χ1n) is 12.0. The number of morpholine rings is 1. The van der Waals surface area contributed by atoms with Crippen LogP contribution in [0.5, 0.6) is 0 Å². The lowest BCUT2D eigenvalue weighted by atomic mass is 10.2. The topological polar surface area (TPSA) is 62.6 Å². The summed E-state index contributed by atoms with van der Waals surface area (Å²) in [5.74, 6) is 0.398. The molecule has 2 saturated heterocycles. The second-order valence-electron chi connectivity index (χ2n) is 9.05. The van der Waals surface area contributed by atoms with Crippen molar-refractivity contribution in [3.8, 4) is 17.1 Å². The summed E-state index contributed by atoms with van der Waals surface area (Å²) in [6.07, 6.45) is 2.31. The van der Waals surface area contributed by atoms with E-state index in [4.69, 9.17) is 32.9 Å². The van der Waals surface area contributed by atoms with Crippen molar-refractivity contribution in [2.24, 2.45) is 0 Å². The van der Waals surface area contributed by atoms with Crippen LogP contribution in [-0.4, -0.2) is 64.8 Å². The lowest BCUT2D eigenvalue weighted by Crippen LogP contribution is -2.48. The third kappa shape index (κ3) is 5.39. The molecule has 0 radical (unpaired) electrons. The molecule has 184 valence electrons. The average Bonchev–Trinajstić information content (AvgIpc) is 3.49. The predicted octanol–water partition coefficient (Wildman–Crippen LogP) is 4.73. The van der Waals surface area contributed by atoms with Crippen molar-refractivity contribution in [3.63, 3.8) is 0 Å². The van der Waals surface area contributed by atoms with Gasteiger partial charge in [0.1, 0.15) is 5.82 Å². The van der Waals surface area contributed by atoms with Crippen LogP contribution < -0.4 is 5.43 Å². The van der Waals surface area contributed by atoms with Gasteiger partial charge in [0, 0.05) is 35.9 Å². The van der Waals surface area contributed by atoms with Crippen LogP contribution in [-0.2, 0) is 11.3 Å². The summed E-state index contributed by atoms with van der Waals surface area (Å²) >= 11 is 12.8. The molecule has 1 N–H and O–H groups in total. The highest BCUT2D eigenvalue weighted by molar-refractivity contribution is 6.36. The zero-order chi connectivity index (χ0) is 24.4. The molecule has 0 atom stereocenters. The van der Waals surface area contributed by atoms with Gasteiger partial charge in [-0.2, -0.15) is 0 Å². The van der Waals surface area contributed by atoms with Crippen LogP contribution in [0.2, 0.25) is 10.0 Å². The number of likely N-dealkylation sites (tertiary alicyclic amines) is 1. The Morgan fingerprint density at radius 2 is 1.74 bits per heavy atom. The van der Waals surface area contributed by atoms with Crippen LogP contribution in [0.1, 0.15) is 34.6 Å². The van der Waals surface area contributed by atoms with Gasteiger partial charge in [0.15, 0.2) is 5.69 Å². The monoisotopic (exact) mass is 513 g/mol. The minimum atomic E-state index is -0.224. The van der Waals surface area contributed by atoms with Crippen molar-refractivity contribution in [2.75, 3.05) is 39.4 Å². The maximum absolute atomic E-state index is 13.6. The molecule has 7 nitrogen and oxygen atoms in total. The number of carbonyl (C=O) groups is 1. The Morgan fingerprint density at radius 1 is 1.03 bits per heavy atom. The first kappa shape index (κ1) is 24.3. The summed E-state index contributed by atoms with van der Waals surface area (Å²) in [7, 11) is 0. The number of nitrogens with zero attached hydrogens (tertiary/aromatic N) is 4. The summed E-state index contributed by atoms with van der Waals surface area (Å²) < 4.78 is 7.50. The van der Waals surface area contributed by atoms with Gasteiger partial charge in [0.25, 0.3) is 5.91 Å². The van der Waals surface area contributed by atoms with Gasteiger partial charge in [-0.25, -0.2) is 9.99 Å². The van der Waals surface area contributed by atoms with Gasteiger partial charge in [-0.1, -0.05) is 40.9 Å². The summed E-state index contributed by atoms with van der Waals surface area (Å²) in [5.41, 5.74) is 7.12. The highest BCUT2D eigenvalue weighted by Crippen LogP contribution is 2.34. The molecule has 3 heterocycles. The van der Waals surface area contributed by atoms with E-state index in [9.17, 15) is 4.79 Å². The number of imidazole rings is 1. The SMILES string of the molecule is Cc1ccc(-n2c(-c3ccc(Cl)cc3Cl)nc(C(=O)NN3CCOCC3)c2CN2CCCC2)cc1. The molecule has 2 aliphatic heterocycles. The number of hydrazine groups is 1. The molecule has 9 heteroatoms. The molecular formula is C26H29Cl2N5O2. The van der Waals surface area contributed by atoms with E-state index in [0.29, 0.717) is 54.4 Å². The van der Waals surface area contributed by atoms with Crippen LogP contribution in [0.4, 0.5) is 0 Å². The molecule has 0 saturated carbocycles. The van der Waals surface area contributed by atoms with E-state index < -0.39 is 0 Å². The lowest BCUT2D eigenvalue weighted by molar-refractivity contribution is 0.0124. The zero-order valence-corrected chi connectivity index (χ0v) is 21.3. The molecule has 0 spiro atoms. The lowest BCUT2D eigenvalue weighted by Gasteiger charge is -2.27. The van der Waals surface area contributed by atoms with Gasteiger partial charge in [-0.3, -0.25) is 19.7 Å². The second-order valence-corrected chi connectivity index (χ2v) is 9.89. The normalized spacial score (nSPS) is 17.1. The number of hydrogen-bond acceptors (Lipinski definition) is 5. The molecule has 0 unspecified atom stereocenters. The first-order chi connectivity index (χ1) is 17.0. The molecule has 0 aliphatic carbocycles. The van der Waals surface area contributed by atoms with Crippen molar-refractivity contribution in [1.82, 2.24) is 24.9 Å². The van der Waals surface area contributed by atoms with Crippen LogP contribution >= 0.6 is 23.2 Å². The molecular weight excluding hydrogens is 485 g/mol. The van der Waals surface area contributed by atoms with Gasteiger partial charge < -0.3 is 4.74 Å². The standard InChI is InChI=1S/C26H29Cl2N5O2/c1-18-4-7-20(8-5-18)33-23(17-31-10-2-3-11-31)24(26(34)30-32-12-14-35-15-13-32)29-25(33)21-9-6-19(27)16-22(21)28/h4-9,16H,2-3,10-15,17H2,1H3,(H,30,34). The highest BCUT2D eigenvalue weighted by atomic mass is 35.5. The fraction of sp³-hybridized carbons (Fsp3) is 0.385. The van der Waals surface area contributed by atoms with Crippen LogP contribution in [0, 0.1) is 6.92 Å². The summed E-state index contributed by atoms with van der Waals surface area (Å²) in [5, 5.41) is 2.93. The number of amides is 1. The van der Waals surface area contributed by atoms with Gasteiger partial charge in [-0.05, 0) is 63.2 Å². The van der Waals surface area contributed by atoms with E-state index in [2.05, 4.69) is 46.1 Å². The van der Waals surface area contributed by atoms with Crippen molar-refractivity contribution in [3.05, 3.63) is 69.5 Å². The van der Waals surface area contributed by atoms with Gasteiger partial charge in [-0.15, -0.1) is 0 Å². The summed E-state index contributed by atoms with van der Waals surface area (Å²) in [4.78, 5) is 20.9. The Labute approximate surface area is 215 Å². The minimum Gasteiger partial charge on any atom is -0.379 e. The Hall–Kier alpha value is -2.42. The number of aryl methyl sites for hydroxylation is 1. The van der Waals surface area contributed by atoms with Crippen molar-refractivity contribution >= 4 is 29.1 Å². The second kappa shape index (κ2) is 10.7. The van der Waals surface area contributed by atoms with Crippen molar-refractivity contribution in [1.29, 1.82) is 0 Å². The molecule has 1 amide bonds. The van der Waals surface area contributed by atoms with Gasteiger partial charge in [0.05, 0.1) is 23.9 Å². The molecule has 2 aliphatic rings. The number of ether oxygens (including phenoxy) is 1. The summed E-state index contributed by atoms with van der Waals surface area (Å²) in [6, 6.07) is 13.6. The van der Waals surface area contributed by atoms with Crippen LogP contribution in [0.25, 0.3) is 17.1 Å². The van der Waals surface area contributed by atoms with E-state index >= 15 is 0 Å². The Balaban J connectivity index is 1.65. The number of nitrogens with one attached hydrogen (secondary N) is 1. The van der Waals surface area contributed by atoms with E-state index in [1.807, 2.05) is 11.1 Å². The Kier molecular flexibility index (Phi) is 7.41. The number of halogens is 2. The van der Waals surface area contributed by atoms with Gasteiger partial charge >= 0.3 is 0 Å². The Bertz CT molecular complexity index is 1200. The van der Waals surface area contributed by atoms with Crippen LogP contribution in [0.15, 0.2) is 42.5 Å². The molecule has 35 heavy (non-hydrogen) atoms. The molecule has 1 aromatic heterocycles. The fourth-order valence-electron chi connectivity index (χ4n) is 4.63. The number of aromatic nitrogens is 2. The number of benzene rings is 2. The van der Waals surface area contributed by atoms with Crippen LogP contribution in [0.3, 0.4) is 0 Å². The third-order valence-corrected chi connectivity index (χ3v) is 7.04.